The number of halogens is 1. The Labute approximate surface area is 128 Å². The van der Waals surface area contributed by atoms with Crippen molar-refractivity contribution < 1.29 is 9.90 Å². The van der Waals surface area contributed by atoms with Gasteiger partial charge in [-0.05, 0) is 49.6 Å². The molecule has 1 unspecified atom stereocenters. The number of hydrogen-bond donors (Lipinski definition) is 1. The molecule has 4 heteroatoms. The van der Waals surface area contributed by atoms with Crippen LogP contribution in [0.2, 0.25) is 5.02 Å². The minimum atomic E-state index is -1.00. The molecule has 1 N–H and O–H groups in total. The molecule has 3 rings (SSSR count). The van der Waals surface area contributed by atoms with Crippen LogP contribution in [0.25, 0.3) is 0 Å². The molecular weight excluding hydrogens is 286 g/mol. The van der Waals surface area contributed by atoms with Gasteiger partial charge in [0.2, 0.25) is 0 Å². The van der Waals surface area contributed by atoms with E-state index in [2.05, 4.69) is 24.0 Å². The van der Waals surface area contributed by atoms with Gasteiger partial charge >= 0.3 is 5.97 Å². The summed E-state index contributed by atoms with van der Waals surface area (Å²) in [6, 6.07) is 13.8. The number of carbonyl (C=O) groups is 1. The topological polar surface area (TPSA) is 40.5 Å². The molecule has 0 bridgehead atoms. The van der Waals surface area contributed by atoms with Crippen LogP contribution in [0.3, 0.4) is 0 Å². The first-order chi connectivity index (χ1) is 10.1. The van der Waals surface area contributed by atoms with Gasteiger partial charge in [-0.25, -0.2) is 4.79 Å². The normalized spacial score (nSPS) is 17.4. The molecule has 2 aromatic carbocycles. The quantitative estimate of drug-likeness (QED) is 0.887. The molecule has 3 nitrogen and oxygen atoms in total. The third-order valence-corrected chi connectivity index (χ3v) is 4.30. The van der Waals surface area contributed by atoms with Gasteiger partial charge < -0.3 is 10.0 Å². The van der Waals surface area contributed by atoms with E-state index in [-0.39, 0.29) is 10.6 Å². The van der Waals surface area contributed by atoms with Crippen molar-refractivity contribution in [3.63, 3.8) is 0 Å². The monoisotopic (exact) mass is 301 g/mol. The van der Waals surface area contributed by atoms with Crippen molar-refractivity contribution >= 4 is 28.9 Å². The molecule has 1 heterocycles. The van der Waals surface area contributed by atoms with E-state index in [4.69, 9.17) is 16.7 Å². The fourth-order valence-electron chi connectivity index (χ4n) is 2.91. The van der Waals surface area contributed by atoms with Gasteiger partial charge in [-0.2, -0.15) is 0 Å². The molecule has 0 amide bonds. The Morgan fingerprint density at radius 1 is 1.29 bits per heavy atom. The molecule has 1 atom stereocenters. The second-order valence-electron chi connectivity index (χ2n) is 5.36. The number of hydrogen-bond acceptors (Lipinski definition) is 2. The Balaban J connectivity index is 2.07. The van der Waals surface area contributed by atoms with Crippen LogP contribution in [-0.2, 0) is 6.42 Å². The molecule has 21 heavy (non-hydrogen) atoms. The second-order valence-corrected chi connectivity index (χ2v) is 5.76. The fraction of sp³-hybridized carbons (Fsp3) is 0.235. The van der Waals surface area contributed by atoms with Gasteiger partial charge in [0.25, 0.3) is 0 Å². The van der Waals surface area contributed by atoms with Crippen molar-refractivity contribution in [2.75, 3.05) is 4.90 Å². The maximum atomic E-state index is 11.1. The van der Waals surface area contributed by atoms with Crippen LogP contribution in [0.15, 0.2) is 42.5 Å². The summed E-state index contributed by atoms with van der Waals surface area (Å²) >= 11 is 6.11. The van der Waals surface area contributed by atoms with E-state index >= 15 is 0 Å². The van der Waals surface area contributed by atoms with E-state index in [1.807, 2.05) is 18.2 Å². The number of anilines is 2. The first kappa shape index (κ1) is 14.0. The summed E-state index contributed by atoms with van der Waals surface area (Å²) < 4.78 is 0. The highest BCUT2D eigenvalue weighted by Crippen LogP contribution is 2.38. The largest absolute Gasteiger partial charge is 0.478 e. The van der Waals surface area contributed by atoms with Crippen molar-refractivity contribution in [3.05, 3.63) is 58.6 Å². The molecule has 2 aromatic rings. The molecule has 0 aliphatic carbocycles. The van der Waals surface area contributed by atoms with Crippen LogP contribution in [0.5, 0.6) is 0 Å². The van der Waals surface area contributed by atoms with Crippen molar-refractivity contribution in [3.8, 4) is 0 Å². The first-order valence-electron chi connectivity index (χ1n) is 6.98. The summed E-state index contributed by atoms with van der Waals surface area (Å²) in [5, 5.41) is 9.35. The molecule has 108 valence electrons. The van der Waals surface area contributed by atoms with E-state index < -0.39 is 5.97 Å². The van der Waals surface area contributed by atoms with E-state index in [1.54, 1.807) is 12.1 Å². The molecule has 0 aromatic heterocycles. The predicted molar refractivity (Wildman–Crippen MR) is 84.8 cm³/mol. The Bertz CT molecular complexity index is 699. The summed E-state index contributed by atoms with van der Waals surface area (Å²) in [5.74, 6) is -1.00. The zero-order valence-corrected chi connectivity index (χ0v) is 12.5. The molecular formula is C17H16ClNO2. The number of nitrogens with zero attached hydrogens (tertiary/aromatic N) is 1. The smallest absolute Gasteiger partial charge is 0.337 e. The number of aryl methyl sites for hydroxylation is 1. The number of carboxylic acids is 1. The van der Waals surface area contributed by atoms with Crippen LogP contribution < -0.4 is 4.90 Å². The lowest BCUT2D eigenvalue weighted by Gasteiger charge is -2.37. The van der Waals surface area contributed by atoms with Gasteiger partial charge in [-0.3, -0.25) is 0 Å². The van der Waals surface area contributed by atoms with E-state index in [9.17, 15) is 4.79 Å². The highest BCUT2D eigenvalue weighted by Gasteiger charge is 2.24. The lowest BCUT2D eigenvalue weighted by molar-refractivity contribution is 0.0697. The van der Waals surface area contributed by atoms with Crippen LogP contribution in [0, 0.1) is 0 Å². The van der Waals surface area contributed by atoms with Gasteiger partial charge in [-0.1, -0.05) is 29.8 Å². The molecule has 0 saturated carbocycles. The number of carboxylic acid groups (broad SMARTS) is 1. The highest BCUT2D eigenvalue weighted by molar-refractivity contribution is 6.33. The van der Waals surface area contributed by atoms with Crippen molar-refractivity contribution in [1.82, 2.24) is 0 Å². The van der Waals surface area contributed by atoms with Gasteiger partial charge in [0.1, 0.15) is 0 Å². The third-order valence-electron chi connectivity index (χ3n) is 3.98. The lowest BCUT2D eigenvalue weighted by Crippen LogP contribution is -2.33. The average Bonchev–Trinajstić information content (AvgIpc) is 2.46. The summed E-state index contributed by atoms with van der Waals surface area (Å²) in [6.45, 7) is 2.18. The highest BCUT2D eigenvalue weighted by atomic mass is 35.5. The zero-order chi connectivity index (χ0) is 15.0. The second kappa shape index (κ2) is 5.41. The zero-order valence-electron chi connectivity index (χ0n) is 11.7. The first-order valence-corrected chi connectivity index (χ1v) is 7.35. The van der Waals surface area contributed by atoms with Gasteiger partial charge in [-0.15, -0.1) is 0 Å². The molecule has 0 fully saturated rings. The van der Waals surface area contributed by atoms with Crippen LogP contribution in [-0.4, -0.2) is 17.1 Å². The minimum Gasteiger partial charge on any atom is -0.478 e. The summed E-state index contributed by atoms with van der Waals surface area (Å²) in [4.78, 5) is 13.3. The maximum absolute atomic E-state index is 11.1. The predicted octanol–water partition coefficient (Wildman–Crippen LogP) is 4.51. The molecule has 0 spiro atoms. The lowest BCUT2D eigenvalue weighted by atomic mass is 9.96. The van der Waals surface area contributed by atoms with E-state index in [0.29, 0.717) is 6.04 Å². The Morgan fingerprint density at radius 2 is 2.05 bits per heavy atom. The number of aromatic carboxylic acids is 1. The van der Waals surface area contributed by atoms with Gasteiger partial charge in [0.15, 0.2) is 0 Å². The van der Waals surface area contributed by atoms with Crippen molar-refractivity contribution in [2.24, 2.45) is 0 Å². The Morgan fingerprint density at radius 3 is 2.76 bits per heavy atom. The fourth-order valence-corrected chi connectivity index (χ4v) is 3.16. The minimum absolute atomic E-state index is 0.137. The van der Waals surface area contributed by atoms with Gasteiger partial charge in [0.05, 0.1) is 10.6 Å². The standard InChI is InChI=1S/C17H16ClNO2/c1-11-6-7-12-4-2-3-5-16(12)19(11)13-8-9-14(17(20)21)15(18)10-13/h2-5,8-11H,6-7H2,1H3,(H,20,21). The molecule has 0 radical (unpaired) electrons. The number of para-hydroxylation sites is 1. The van der Waals surface area contributed by atoms with Crippen LogP contribution in [0.1, 0.15) is 29.3 Å². The van der Waals surface area contributed by atoms with Crippen molar-refractivity contribution in [2.45, 2.75) is 25.8 Å². The Kier molecular flexibility index (Phi) is 3.60. The maximum Gasteiger partial charge on any atom is 0.337 e. The van der Waals surface area contributed by atoms with Crippen molar-refractivity contribution in [1.29, 1.82) is 0 Å². The van der Waals surface area contributed by atoms with Gasteiger partial charge in [0, 0.05) is 17.4 Å². The number of benzene rings is 2. The van der Waals surface area contributed by atoms with E-state index in [1.165, 1.54) is 11.3 Å². The number of fused-ring (bicyclic) bond motifs is 1. The van der Waals surface area contributed by atoms with Crippen LogP contribution in [0.4, 0.5) is 11.4 Å². The summed E-state index contributed by atoms with van der Waals surface area (Å²) in [5.41, 5.74) is 3.56. The summed E-state index contributed by atoms with van der Waals surface area (Å²) in [6.07, 6.45) is 2.13. The molecule has 1 aliphatic heterocycles. The third kappa shape index (κ3) is 2.49. The van der Waals surface area contributed by atoms with Crippen LogP contribution >= 0.6 is 11.6 Å². The van der Waals surface area contributed by atoms with E-state index in [0.717, 1.165) is 18.5 Å². The molecule has 0 saturated heterocycles. The molecule has 1 aliphatic rings. The summed E-state index contributed by atoms with van der Waals surface area (Å²) in [7, 11) is 0. The Hall–Kier alpha value is -2.00. The number of rotatable bonds is 2. The average molecular weight is 302 g/mol. The SMILES string of the molecule is CC1CCc2ccccc2N1c1ccc(C(=O)O)c(Cl)c1.